The van der Waals surface area contributed by atoms with Crippen molar-refractivity contribution in [2.45, 2.75) is 6.54 Å². The van der Waals surface area contributed by atoms with Crippen LogP contribution in [0.5, 0.6) is 0 Å². The van der Waals surface area contributed by atoms with Gasteiger partial charge in [-0.25, -0.2) is 9.36 Å². The number of hydrogen-bond donors (Lipinski definition) is 0. The number of hydrogen-bond acceptors (Lipinski definition) is 3. The Bertz CT molecular complexity index is 1130. The van der Waals surface area contributed by atoms with Crippen LogP contribution in [0.15, 0.2) is 88.3 Å². The Hall–Kier alpha value is -3.40. The van der Waals surface area contributed by atoms with Gasteiger partial charge in [-0.1, -0.05) is 30.3 Å². The molecule has 0 unspecified atom stereocenters. The Kier molecular flexibility index (Phi) is 4.47. The van der Waals surface area contributed by atoms with Crippen molar-refractivity contribution in [2.24, 2.45) is 0 Å². The summed E-state index contributed by atoms with van der Waals surface area (Å²) in [5.74, 6) is 0. The van der Waals surface area contributed by atoms with Gasteiger partial charge in [0.2, 0.25) is 0 Å². The van der Waals surface area contributed by atoms with Crippen LogP contribution in [0, 0.1) is 0 Å². The third-order valence-corrected chi connectivity index (χ3v) is 4.65. The minimum Gasteiger partial charge on any atom is -0.422 e. The molecule has 4 heteroatoms. The van der Waals surface area contributed by atoms with Crippen LogP contribution in [0.3, 0.4) is 0 Å². The molecule has 0 fully saturated rings. The Morgan fingerprint density at radius 1 is 0.926 bits per heavy atom. The molecular formula is C23H21N2O2+. The summed E-state index contributed by atoms with van der Waals surface area (Å²) < 4.78 is 7.66. The van der Waals surface area contributed by atoms with Crippen molar-refractivity contribution in [3.8, 4) is 11.1 Å². The summed E-state index contributed by atoms with van der Waals surface area (Å²) in [6.45, 7) is 0.792. The van der Waals surface area contributed by atoms with Gasteiger partial charge in [0.25, 0.3) is 0 Å². The van der Waals surface area contributed by atoms with E-state index in [1.165, 1.54) is 5.56 Å². The lowest BCUT2D eigenvalue weighted by atomic mass is 10.1. The predicted molar refractivity (Wildman–Crippen MR) is 108 cm³/mol. The van der Waals surface area contributed by atoms with Crippen molar-refractivity contribution in [3.05, 3.63) is 95.1 Å². The monoisotopic (exact) mass is 357 g/mol. The van der Waals surface area contributed by atoms with Gasteiger partial charge in [-0.3, -0.25) is 0 Å². The summed E-state index contributed by atoms with van der Waals surface area (Å²) in [5.41, 5.74) is 3.94. The van der Waals surface area contributed by atoms with E-state index in [1.54, 1.807) is 0 Å². The Morgan fingerprint density at radius 3 is 2.37 bits per heavy atom. The largest absolute Gasteiger partial charge is 0.422 e. The smallest absolute Gasteiger partial charge is 0.344 e. The molecule has 0 N–H and O–H groups in total. The summed E-state index contributed by atoms with van der Waals surface area (Å²) in [7, 11) is 3.92. The maximum atomic E-state index is 12.5. The van der Waals surface area contributed by atoms with E-state index in [0.717, 1.165) is 23.2 Å². The lowest BCUT2D eigenvalue weighted by molar-refractivity contribution is -0.688. The summed E-state index contributed by atoms with van der Waals surface area (Å²) in [4.78, 5) is 14.5. The molecular weight excluding hydrogens is 336 g/mol. The maximum absolute atomic E-state index is 12.5. The van der Waals surface area contributed by atoms with Gasteiger partial charge in [0.05, 0.1) is 5.56 Å². The van der Waals surface area contributed by atoms with Gasteiger partial charge in [0, 0.05) is 54.5 Å². The highest BCUT2D eigenvalue weighted by Crippen LogP contribution is 2.24. The van der Waals surface area contributed by atoms with E-state index >= 15 is 0 Å². The molecule has 0 bridgehead atoms. The summed E-state index contributed by atoms with van der Waals surface area (Å²) >= 11 is 0. The molecule has 0 aliphatic rings. The molecule has 0 saturated heterocycles. The molecule has 0 amide bonds. The molecule has 0 aliphatic carbocycles. The fourth-order valence-electron chi connectivity index (χ4n) is 3.12. The van der Waals surface area contributed by atoms with Gasteiger partial charge in [0.15, 0.2) is 18.9 Å². The molecule has 27 heavy (non-hydrogen) atoms. The first-order valence-corrected chi connectivity index (χ1v) is 8.89. The number of aromatic nitrogens is 1. The highest BCUT2D eigenvalue weighted by Gasteiger charge is 2.11. The van der Waals surface area contributed by atoms with Gasteiger partial charge in [-0.15, -0.1) is 0 Å². The van der Waals surface area contributed by atoms with Crippen LogP contribution in [0.4, 0.5) is 5.69 Å². The van der Waals surface area contributed by atoms with Crippen molar-refractivity contribution in [1.82, 2.24) is 0 Å². The molecule has 0 atom stereocenters. The number of rotatable bonds is 4. The molecule has 2 heterocycles. The van der Waals surface area contributed by atoms with Crippen molar-refractivity contribution in [3.63, 3.8) is 0 Å². The van der Waals surface area contributed by atoms with Crippen LogP contribution in [0.2, 0.25) is 0 Å². The van der Waals surface area contributed by atoms with Crippen LogP contribution >= 0.6 is 0 Å². The topological polar surface area (TPSA) is 37.3 Å². The fourth-order valence-corrected chi connectivity index (χ4v) is 3.12. The first kappa shape index (κ1) is 17.0. The maximum Gasteiger partial charge on any atom is 0.344 e. The van der Waals surface area contributed by atoms with Crippen LogP contribution < -0.4 is 15.1 Å². The van der Waals surface area contributed by atoms with Gasteiger partial charge in [-0.05, 0) is 18.2 Å². The van der Waals surface area contributed by atoms with E-state index in [-0.39, 0.29) is 5.63 Å². The van der Waals surface area contributed by atoms with E-state index < -0.39 is 0 Å². The van der Waals surface area contributed by atoms with Crippen LogP contribution in [-0.4, -0.2) is 14.1 Å². The molecule has 0 aliphatic heterocycles. The third-order valence-electron chi connectivity index (χ3n) is 4.65. The van der Waals surface area contributed by atoms with Gasteiger partial charge >= 0.3 is 5.63 Å². The Balaban J connectivity index is 1.66. The summed E-state index contributed by atoms with van der Waals surface area (Å²) in [6.07, 6.45) is 3.97. The van der Waals surface area contributed by atoms with Gasteiger partial charge in [0.1, 0.15) is 5.58 Å². The second-order valence-corrected chi connectivity index (χ2v) is 6.81. The molecule has 2 aromatic heterocycles. The fraction of sp³-hybridized carbons (Fsp3) is 0.130. The number of benzene rings is 2. The molecule has 4 rings (SSSR count). The SMILES string of the molecule is CN(C)c1ccc2cc(-c3cc[n+](Cc4ccccc4)cc3)c(=O)oc2c1. The van der Waals surface area contributed by atoms with E-state index in [0.29, 0.717) is 11.1 Å². The zero-order valence-corrected chi connectivity index (χ0v) is 15.4. The van der Waals surface area contributed by atoms with Crippen LogP contribution in [0.25, 0.3) is 22.1 Å². The normalized spacial score (nSPS) is 10.9. The number of nitrogens with zero attached hydrogens (tertiary/aromatic N) is 2. The first-order valence-electron chi connectivity index (χ1n) is 8.89. The van der Waals surface area contributed by atoms with Crippen LogP contribution in [0.1, 0.15) is 5.56 Å². The standard InChI is InChI=1S/C23H21N2O2/c1-24(2)20-9-8-19-14-21(23(26)27-22(19)15-20)18-10-12-25(13-11-18)16-17-6-4-3-5-7-17/h3-15H,16H2,1-2H3/q+1. The highest BCUT2D eigenvalue weighted by molar-refractivity contribution is 5.84. The predicted octanol–water partition coefficient (Wildman–Crippen LogP) is 3.86. The highest BCUT2D eigenvalue weighted by atomic mass is 16.4. The number of pyridine rings is 1. The summed E-state index contributed by atoms with van der Waals surface area (Å²) in [6, 6.07) is 22.0. The average molecular weight is 357 g/mol. The minimum absolute atomic E-state index is 0.320. The molecule has 0 saturated carbocycles. The third kappa shape index (κ3) is 3.60. The van der Waals surface area contributed by atoms with E-state index in [4.69, 9.17) is 4.42 Å². The first-order chi connectivity index (χ1) is 13.1. The quantitative estimate of drug-likeness (QED) is 0.411. The second-order valence-electron chi connectivity index (χ2n) is 6.81. The van der Waals surface area contributed by atoms with Crippen molar-refractivity contribution in [1.29, 1.82) is 0 Å². The average Bonchev–Trinajstić information content (AvgIpc) is 2.68. The van der Waals surface area contributed by atoms with Crippen molar-refractivity contribution >= 4 is 16.7 Å². The lowest BCUT2D eigenvalue weighted by Gasteiger charge is -2.12. The zero-order chi connectivity index (χ0) is 18.8. The van der Waals surface area contributed by atoms with E-state index in [9.17, 15) is 4.79 Å². The van der Waals surface area contributed by atoms with Crippen LogP contribution in [-0.2, 0) is 6.54 Å². The molecule has 0 spiro atoms. The molecule has 2 aromatic carbocycles. The minimum atomic E-state index is -0.320. The molecule has 0 radical (unpaired) electrons. The lowest BCUT2D eigenvalue weighted by Crippen LogP contribution is -2.33. The Labute approximate surface area is 157 Å². The number of anilines is 1. The number of fused-ring (bicyclic) bond motifs is 1. The van der Waals surface area contributed by atoms with E-state index in [1.807, 2.05) is 86.0 Å². The molecule has 134 valence electrons. The van der Waals surface area contributed by atoms with E-state index in [2.05, 4.69) is 16.7 Å². The van der Waals surface area contributed by atoms with Gasteiger partial charge < -0.3 is 9.32 Å². The molecule has 4 nitrogen and oxygen atoms in total. The second kappa shape index (κ2) is 7.08. The zero-order valence-electron chi connectivity index (χ0n) is 15.4. The van der Waals surface area contributed by atoms with Gasteiger partial charge in [-0.2, -0.15) is 0 Å². The molecule has 4 aromatic rings. The Morgan fingerprint density at radius 2 is 1.67 bits per heavy atom. The van der Waals surface area contributed by atoms with Crippen molar-refractivity contribution < 1.29 is 8.98 Å². The van der Waals surface area contributed by atoms with Crippen molar-refractivity contribution in [2.75, 3.05) is 19.0 Å². The summed E-state index contributed by atoms with van der Waals surface area (Å²) in [5, 5.41) is 0.913.